The SMILES string of the molecule is c1ccc2c(c1)CCc1ccccc1C1=C2CNO1. The van der Waals surface area contributed by atoms with Crippen molar-refractivity contribution < 1.29 is 4.84 Å². The first-order chi connectivity index (χ1) is 9.43. The van der Waals surface area contributed by atoms with E-state index in [0.29, 0.717) is 0 Å². The molecule has 0 saturated heterocycles. The van der Waals surface area contributed by atoms with E-state index in [-0.39, 0.29) is 0 Å². The smallest absolute Gasteiger partial charge is 0.159 e. The van der Waals surface area contributed by atoms with E-state index in [1.54, 1.807) is 0 Å². The minimum Gasteiger partial charge on any atom is -0.407 e. The molecule has 0 unspecified atom stereocenters. The highest BCUT2D eigenvalue weighted by Crippen LogP contribution is 2.36. The van der Waals surface area contributed by atoms with Gasteiger partial charge in [-0.1, -0.05) is 48.5 Å². The molecule has 94 valence electrons. The van der Waals surface area contributed by atoms with Gasteiger partial charge in [0.1, 0.15) is 0 Å². The lowest BCUT2D eigenvalue weighted by Gasteiger charge is -2.17. The Labute approximate surface area is 112 Å². The van der Waals surface area contributed by atoms with Crippen molar-refractivity contribution in [1.29, 1.82) is 0 Å². The van der Waals surface area contributed by atoms with Crippen LogP contribution < -0.4 is 5.48 Å². The van der Waals surface area contributed by atoms with E-state index in [9.17, 15) is 0 Å². The third-order valence-electron chi connectivity index (χ3n) is 3.97. The highest BCUT2D eigenvalue weighted by atomic mass is 16.7. The number of nitrogens with one attached hydrogen (secondary N) is 1. The third-order valence-corrected chi connectivity index (χ3v) is 3.97. The fourth-order valence-corrected chi connectivity index (χ4v) is 3.02. The first-order valence-electron chi connectivity index (χ1n) is 6.73. The first-order valence-corrected chi connectivity index (χ1v) is 6.73. The second-order valence-corrected chi connectivity index (χ2v) is 5.05. The Bertz CT molecular complexity index is 615. The van der Waals surface area contributed by atoms with E-state index < -0.39 is 0 Å². The van der Waals surface area contributed by atoms with E-state index in [1.165, 1.54) is 27.8 Å². The predicted octanol–water partition coefficient (Wildman–Crippen LogP) is 3.19. The monoisotopic (exact) mass is 249 g/mol. The van der Waals surface area contributed by atoms with E-state index in [4.69, 9.17) is 4.84 Å². The number of rotatable bonds is 0. The molecule has 2 aliphatic rings. The second kappa shape index (κ2) is 4.25. The van der Waals surface area contributed by atoms with Crippen molar-refractivity contribution in [1.82, 2.24) is 5.48 Å². The largest absolute Gasteiger partial charge is 0.407 e. The number of hydroxylamine groups is 1. The van der Waals surface area contributed by atoms with Gasteiger partial charge in [-0.2, -0.15) is 5.48 Å². The minimum atomic E-state index is 0.778. The maximum absolute atomic E-state index is 5.71. The zero-order valence-electron chi connectivity index (χ0n) is 10.6. The molecule has 0 aromatic heterocycles. The van der Waals surface area contributed by atoms with Crippen LogP contribution in [0.15, 0.2) is 48.5 Å². The summed E-state index contributed by atoms with van der Waals surface area (Å²) >= 11 is 0. The summed E-state index contributed by atoms with van der Waals surface area (Å²) in [5.41, 5.74) is 9.65. The molecule has 19 heavy (non-hydrogen) atoms. The zero-order chi connectivity index (χ0) is 12.7. The Balaban J connectivity index is 2.00. The second-order valence-electron chi connectivity index (χ2n) is 5.05. The summed E-state index contributed by atoms with van der Waals surface area (Å²) in [6.45, 7) is 0.778. The summed E-state index contributed by atoms with van der Waals surface area (Å²) in [7, 11) is 0. The number of hydrogen-bond donors (Lipinski definition) is 1. The van der Waals surface area contributed by atoms with Crippen molar-refractivity contribution in [3.8, 4) is 0 Å². The highest BCUT2D eigenvalue weighted by Gasteiger charge is 2.24. The molecule has 1 heterocycles. The lowest BCUT2D eigenvalue weighted by atomic mass is 9.88. The Hall–Kier alpha value is -2.06. The van der Waals surface area contributed by atoms with Gasteiger partial charge in [-0.15, -0.1) is 0 Å². The molecule has 2 heteroatoms. The summed E-state index contributed by atoms with van der Waals surface area (Å²) in [4.78, 5) is 5.71. The Kier molecular flexibility index (Phi) is 2.42. The molecule has 1 N–H and O–H groups in total. The summed E-state index contributed by atoms with van der Waals surface area (Å²) < 4.78 is 0. The number of benzene rings is 2. The zero-order valence-corrected chi connectivity index (χ0v) is 10.6. The van der Waals surface area contributed by atoms with Crippen molar-refractivity contribution in [3.63, 3.8) is 0 Å². The van der Waals surface area contributed by atoms with E-state index >= 15 is 0 Å². The fourth-order valence-electron chi connectivity index (χ4n) is 3.02. The van der Waals surface area contributed by atoms with Crippen molar-refractivity contribution in [2.45, 2.75) is 12.8 Å². The molecule has 0 atom stereocenters. The molecular weight excluding hydrogens is 234 g/mol. The molecule has 0 amide bonds. The number of hydrogen-bond acceptors (Lipinski definition) is 2. The quantitative estimate of drug-likeness (QED) is 0.774. The van der Waals surface area contributed by atoms with Crippen LogP contribution >= 0.6 is 0 Å². The number of fused-ring (bicyclic) bond motifs is 4. The van der Waals surface area contributed by atoms with Crippen LogP contribution in [0.4, 0.5) is 0 Å². The Morgan fingerprint density at radius 2 is 1.42 bits per heavy atom. The van der Waals surface area contributed by atoms with Gasteiger partial charge in [0.25, 0.3) is 0 Å². The number of aryl methyl sites for hydroxylation is 2. The van der Waals surface area contributed by atoms with Gasteiger partial charge in [0.05, 0.1) is 6.54 Å². The molecule has 4 rings (SSSR count). The van der Waals surface area contributed by atoms with Crippen LogP contribution in [-0.2, 0) is 17.7 Å². The predicted molar refractivity (Wildman–Crippen MR) is 76.2 cm³/mol. The molecule has 0 bridgehead atoms. The molecule has 0 radical (unpaired) electrons. The van der Waals surface area contributed by atoms with Gasteiger partial charge in [-0.3, -0.25) is 0 Å². The standard InChI is InChI=1S/C17H15NO/c1-3-7-14-12(5-1)9-10-13-6-2-4-8-15(13)17-16(14)11-18-19-17/h1-8,18H,9-11H2. The third kappa shape index (κ3) is 1.68. The van der Waals surface area contributed by atoms with Crippen LogP contribution in [0.2, 0.25) is 0 Å². The van der Waals surface area contributed by atoms with Crippen molar-refractivity contribution in [2.24, 2.45) is 0 Å². The Morgan fingerprint density at radius 3 is 2.21 bits per heavy atom. The van der Waals surface area contributed by atoms with Crippen LogP contribution in [-0.4, -0.2) is 6.54 Å². The average molecular weight is 249 g/mol. The average Bonchev–Trinajstić information content (AvgIpc) is 2.92. The summed E-state index contributed by atoms with van der Waals surface area (Å²) in [6.07, 6.45) is 2.15. The van der Waals surface area contributed by atoms with Crippen LogP contribution in [0.25, 0.3) is 11.3 Å². The topological polar surface area (TPSA) is 21.3 Å². The summed E-state index contributed by atoms with van der Waals surface area (Å²) in [5.74, 6) is 1.00. The van der Waals surface area contributed by atoms with Crippen LogP contribution in [0.1, 0.15) is 22.3 Å². The van der Waals surface area contributed by atoms with Crippen molar-refractivity contribution in [2.75, 3.05) is 6.54 Å². The lowest BCUT2D eigenvalue weighted by molar-refractivity contribution is 0.191. The lowest BCUT2D eigenvalue weighted by Crippen LogP contribution is -2.06. The van der Waals surface area contributed by atoms with Gasteiger partial charge in [-0.25, -0.2) is 0 Å². The Morgan fingerprint density at radius 1 is 0.789 bits per heavy atom. The van der Waals surface area contributed by atoms with E-state index in [2.05, 4.69) is 54.0 Å². The summed E-state index contributed by atoms with van der Waals surface area (Å²) in [5, 5.41) is 0. The molecule has 2 nitrogen and oxygen atoms in total. The van der Waals surface area contributed by atoms with Crippen LogP contribution in [0.5, 0.6) is 0 Å². The highest BCUT2D eigenvalue weighted by molar-refractivity contribution is 5.92. The molecular formula is C17H15NO. The van der Waals surface area contributed by atoms with Crippen LogP contribution in [0, 0.1) is 0 Å². The molecule has 2 aromatic rings. The van der Waals surface area contributed by atoms with Crippen LogP contribution in [0.3, 0.4) is 0 Å². The van der Waals surface area contributed by atoms with Gasteiger partial charge in [0.15, 0.2) is 5.76 Å². The molecule has 0 saturated carbocycles. The maximum Gasteiger partial charge on any atom is 0.159 e. The normalized spacial score (nSPS) is 16.8. The fraction of sp³-hybridized carbons (Fsp3) is 0.176. The van der Waals surface area contributed by atoms with Gasteiger partial charge in [0.2, 0.25) is 0 Å². The minimum absolute atomic E-state index is 0.778. The van der Waals surface area contributed by atoms with Gasteiger partial charge >= 0.3 is 0 Å². The molecule has 0 spiro atoms. The first kappa shape index (κ1) is 10.8. The van der Waals surface area contributed by atoms with Gasteiger partial charge < -0.3 is 4.84 Å². The maximum atomic E-state index is 5.71. The van der Waals surface area contributed by atoms with Gasteiger partial charge in [0, 0.05) is 11.1 Å². The molecule has 1 aliphatic carbocycles. The molecule has 0 fully saturated rings. The molecule has 2 aromatic carbocycles. The van der Waals surface area contributed by atoms with Crippen molar-refractivity contribution >= 4 is 11.3 Å². The van der Waals surface area contributed by atoms with Crippen molar-refractivity contribution in [3.05, 3.63) is 70.8 Å². The van der Waals surface area contributed by atoms with E-state index in [1.807, 2.05) is 0 Å². The van der Waals surface area contributed by atoms with Gasteiger partial charge in [-0.05, 0) is 29.5 Å². The van der Waals surface area contributed by atoms with E-state index in [0.717, 1.165) is 25.1 Å². The molecule has 1 aliphatic heterocycles. The summed E-state index contributed by atoms with van der Waals surface area (Å²) in [6, 6.07) is 17.2.